The van der Waals surface area contributed by atoms with Crippen molar-refractivity contribution in [3.8, 4) is 0 Å². The van der Waals surface area contributed by atoms with Gasteiger partial charge in [0.1, 0.15) is 0 Å². The normalized spacial score (nSPS) is 14.2. The summed E-state index contributed by atoms with van der Waals surface area (Å²) in [5, 5.41) is 3.25. The molecule has 0 unspecified atom stereocenters. The first kappa shape index (κ1) is 13.0. The first-order valence-corrected chi connectivity index (χ1v) is 8.08. The summed E-state index contributed by atoms with van der Waals surface area (Å²) in [5.74, 6) is 0. The molecule has 1 aliphatic rings. The molecule has 3 rings (SSSR count). The molecular formula is C15H16N2O2S. The third-order valence-corrected chi connectivity index (χ3v) is 4.73. The molecular weight excluding hydrogens is 272 g/mol. The second kappa shape index (κ2) is 5.17. The lowest BCUT2D eigenvalue weighted by atomic mass is 10.0. The van der Waals surface area contributed by atoms with Crippen LogP contribution in [0.5, 0.6) is 0 Å². The number of fused-ring (bicyclic) bond motifs is 1. The van der Waals surface area contributed by atoms with E-state index in [0.717, 1.165) is 25.1 Å². The zero-order valence-electron chi connectivity index (χ0n) is 11.0. The third kappa shape index (κ3) is 2.63. The van der Waals surface area contributed by atoms with Crippen LogP contribution in [0, 0.1) is 0 Å². The minimum atomic E-state index is -3.54. The summed E-state index contributed by atoms with van der Waals surface area (Å²) in [6, 6.07) is 14.2. The largest absolute Gasteiger partial charge is 0.385 e. The summed E-state index contributed by atoms with van der Waals surface area (Å²) < 4.78 is 27.3. The van der Waals surface area contributed by atoms with Gasteiger partial charge in [-0.1, -0.05) is 24.3 Å². The quantitative estimate of drug-likeness (QED) is 0.913. The standard InChI is InChI=1S/C15H16N2O2S/c18-20(19,17-13-6-2-1-3-7-13)14-9-8-12-5-4-10-16-15(12)11-14/h1-3,6-9,11,16-17H,4-5,10H2. The van der Waals surface area contributed by atoms with Crippen molar-refractivity contribution in [2.24, 2.45) is 0 Å². The van der Waals surface area contributed by atoms with E-state index in [2.05, 4.69) is 10.0 Å². The molecule has 104 valence electrons. The Hall–Kier alpha value is -2.01. The molecule has 0 spiro atoms. The van der Waals surface area contributed by atoms with Gasteiger partial charge in [0, 0.05) is 17.9 Å². The Morgan fingerprint density at radius 2 is 1.85 bits per heavy atom. The van der Waals surface area contributed by atoms with Crippen molar-refractivity contribution in [3.63, 3.8) is 0 Å². The van der Waals surface area contributed by atoms with Crippen LogP contribution in [-0.2, 0) is 16.4 Å². The van der Waals surface area contributed by atoms with Crippen LogP contribution in [-0.4, -0.2) is 15.0 Å². The number of nitrogens with one attached hydrogen (secondary N) is 2. The Morgan fingerprint density at radius 1 is 1.05 bits per heavy atom. The predicted molar refractivity (Wildman–Crippen MR) is 80.5 cm³/mol. The molecule has 0 radical (unpaired) electrons. The molecule has 0 amide bonds. The minimum Gasteiger partial charge on any atom is -0.385 e. The molecule has 0 fully saturated rings. The predicted octanol–water partition coefficient (Wildman–Crippen LogP) is 2.85. The Kier molecular flexibility index (Phi) is 3.36. The van der Waals surface area contributed by atoms with E-state index in [9.17, 15) is 8.42 Å². The number of anilines is 2. The first-order chi connectivity index (χ1) is 9.65. The van der Waals surface area contributed by atoms with Crippen molar-refractivity contribution in [3.05, 3.63) is 54.1 Å². The molecule has 2 aromatic rings. The number of sulfonamides is 1. The monoisotopic (exact) mass is 288 g/mol. The summed E-state index contributed by atoms with van der Waals surface area (Å²) in [7, 11) is -3.54. The van der Waals surface area contributed by atoms with Gasteiger partial charge in [0.2, 0.25) is 0 Å². The van der Waals surface area contributed by atoms with E-state index in [0.29, 0.717) is 5.69 Å². The summed E-state index contributed by atoms with van der Waals surface area (Å²) >= 11 is 0. The highest BCUT2D eigenvalue weighted by Crippen LogP contribution is 2.26. The molecule has 0 bridgehead atoms. The Morgan fingerprint density at radius 3 is 2.65 bits per heavy atom. The number of benzene rings is 2. The number of hydrogen-bond acceptors (Lipinski definition) is 3. The van der Waals surface area contributed by atoms with Gasteiger partial charge in [-0.05, 0) is 42.7 Å². The van der Waals surface area contributed by atoms with Crippen LogP contribution in [0.15, 0.2) is 53.4 Å². The van der Waals surface area contributed by atoms with Gasteiger partial charge in [0.15, 0.2) is 0 Å². The fraction of sp³-hybridized carbons (Fsp3) is 0.200. The third-order valence-electron chi connectivity index (χ3n) is 3.36. The zero-order valence-corrected chi connectivity index (χ0v) is 11.8. The lowest BCUT2D eigenvalue weighted by Crippen LogP contribution is -2.16. The minimum absolute atomic E-state index is 0.287. The Bertz CT molecular complexity index is 712. The molecule has 0 saturated carbocycles. The molecule has 1 aliphatic heterocycles. The lowest BCUT2D eigenvalue weighted by Gasteiger charge is -2.19. The van der Waals surface area contributed by atoms with Crippen molar-refractivity contribution < 1.29 is 8.42 Å². The van der Waals surface area contributed by atoms with Crippen LogP contribution in [0.2, 0.25) is 0 Å². The van der Waals surface area contributed by atoms with Crippen molar-refractivity contribution in [1.29, 1.82) is 0 Å². The first-order valence-electron chi connectivity index (χ1n) is 6.60. The van der Waals surface area contributed by atoms with Gasteiger partial charge in [-0.2, -0.15) is 0 Å². The fourth-order valence-electron chi connectivity index (χ4n) is 2.33. The van der Waals surface area contributed by atoms with E-state index >= 15 is 0 Å². The summed E-state index contributed by atoms with van der Waals surface area (Å²) in [6.45, 7) is 0.891. The topological polar surface area (TPSA) is 58.2 Å². The van der Waals surface area contributed by atoms with E-state index in [1.807, 2.05) is 12.1 Å². The van der Waals surface area contributed by atoms with Gasteiger partial charge in [0.25, 0.3) is 10.0 Å². The van der Waals surface area contributed by atoms with Crippen LogP contribution in [0.4, 0.5) is 11.4 Å². The molecule has 2 N–H and O–H groups in total. The van der Waals surface area contributed by atoms with Crippen molar-refractivity contribution in [2.75, 3.05) is 16.6 Å². The van der Waals surface area contributed by atoms with Gasteiger partial charge in [-0.15, -0.1) is 0 Å². The summed E-state index contributed by atoms with van der Waals surface area (Å²) in [5.41, 5.74) is 2.67. The molecule has 0 saturated heterocycles. The average Bonchev–Trinajstić information content (AvgIpc) is 2.47. The van der Waals surface area contributed by atoms with Crippen LogP contribution >= 0.6 is 0 Å². The van der Waals surface area contributed by atoms with Gasteiger partial charge in [-0.25, -0.2) is 8.42 Å². The van der Waals surface area contributed by atoms with Crippen LogP contribution in [0.25, 0.3) is 0 Å². The number of para-hydroxylation sites is 1. The van der Waals surface area contributed by atoms with Crippen LogP contribution < -0.4 is 10.0 Å². The van der Waals surface area contributed by atoms with Gasteiger partial charge in [-0.3, -0.25) is 4.72 Å². The molecule has 5 heteroatoms. The highest BCUT2D eigenvalue weighted by molar-refractivity contribution is 7.92. The van der Waals surface area contributed by atoms with E-state index in [-0.39, 0.29) is 4.90 Å². The van der Waals surface area contributed by atoms with E-state index in [1.165, 1.54) is 5.56 Å². The van der Waals surface area contributed by atoms with Gasteiger partial charge < -0.3 is 5.32 Å². The van der Waals surface area contributed by atoms with Crippen molar-refractivity contribution in [2.45, 2.75) is 17.7 Å². The van der Waals surface area contributed by atoms with Crippen molar-refractivity contribution in [1.82, 2.24) is 0 Å². The molecule has 2 aromatic carbocycles. The smallest absolute Gasteiger partial charge is 0.261 e. The van der Waals surface area contributed by atoms with Crippen molar-refractivity contribution >= 4 is 21.4 Å². The molecule has 1 heterocycles. The molecule has 0 atom stereocenters. The Balaban J connectivity index is 1.91. The van der Waals surface area contributed by atoms with Gasteiger partial charge >= 0.3 is 0 Å². The second-order valence-electron chi connectivity index (χ2n) is 4.82. The van der Waals surface area contributed by atoms with Crippen LogP contribution in [0.3, 0.4) is 0 Å². The SMILES string of the molecule is O=S(=O)(Nc1ccccc1)c1ccc2c(c1)NCCC2. The number of hydrogen-bond donors (Lipinski definition) is 2. The van der Waals surface area contributed by atoms with E-state index < -0.39 is 10.0 Å². The maximum atomic E-state index is 12.3. The lowest BCUT2D eigenvalue weighted by molar-refractivity contribution is 0.601. The van der Waals surface area contributed by atoms with E-state index in [1.54, 1.807) is 36.4 Å². The maximum Gasteiger partial charge on any atom is 0.261 e. The highest BCUT2D eigenvalue weighted by Gasteiger charge is 2.17. The van der Waals surface area contributed by atoms with Crippen LogP contribution in [0.1, 0.15) is 12.0 Å². The Labute approximate surface area is 118 Å². The number of aryl methyl sites for hydroxylation is 1. The summed E-state index contributed by atoms with van der Waals surface area (Å²) in [6.07, 6.45) is 2.08. The highest BCUT2D eigenvalue weighted by atomic mass is 32.2. The fourth-order valence-corrected chi connectivity index (χ4v) is 3.41. The number of rotatable bonds is 3. The second-order valence-corrected chi connectivity index (χ2v) is 6.50. The molecule has 4 nitrogen and oxygen atoms in total. The molecule has 0 aromatic heterocycles. The molecule has 0 aliphatic carbocycles. The average molecular weight is 288 g/mol. The summed E-state index contributed by atoms with van der Waals surface area (Å²) in [4.78, 5) is 0.287. The van der Waals surface area contributed by atoms with E-state index in [4.69, 9.17) is 0 Å². The maximum absolute atomic E-state index is 12.3. The zero-order chi connectivity index (χ0) is 14.0. The van der Waals surface area contributed by atoms with Gasteiger partial charge in [0.05, 0.1) is 4.90 Å². The molecule has 20 heavy (non-hydrogen) atoms.